The van der Waals surface area contributed by atoms with Crippen molar-refractivity contribution >= 4 is 23.7 Å². The Morgan fingerprint density at radius 3 is 2.90 bits per heavy atom. The van der Waals surface area contributed by atoms with E-state index >= 15 is 0 Å². The standard InChI is InChI=1S/C13H22N4O3S/c1-4-5-16-12(14-15-13(16)21-8-11(18)19)17-6-10(3)20-7-9(17)2/h9-10H,4-8H2,1-3H3,(H,18,19). The van der Waals surface area contributed by atoms with E-state index in [1.165, 1.54) is 11.8 Å². The van der Waals surface area contributed by atoms with Crippen molar-refractivity contribution in [2.24, 2.45) is 0 Å². The second kappa shape index (κ2) is 7.13. The molecule has 1 aliphatic heterocycles. The summed E-state index contributed by atoms with van der Waals surface area (Å²) in [6.45, 7) is 8.44. The topological polar surface area (TPSA) is 80.5 Å². The van der Waals surface area contributed by atoms with E-state index in [4.69, 9.17) is 9.84 Å². The third kappa shape index (κ3) is 3.88. The summed E-state index contributed by atoms with van der Waals surface area (Å²) in [5.41, 5.74) is 0. The molecule has 118 valence electrons. The highest BCUT2D eigenvalue weighted by molar-refractivity contribution is 7.99. The number of hydrogen-bond acceptors (Lipinski definition) is 6. The van der Waals surface area contributed by atoms with E-state index in [9.17, 15) is 4.79 Å². The van der Waals surface area contributed by atoms with E-state index in [1.807, 2.05) is 11.5 Å². The number of nitrogens with zero attached hydrogens (tertiary/aromatic N) is 4. The van der Waals surface area contributed by atoms with E-state index in [2.05, 4.69) is 28.9 Å². The van der Waals surface area contributed by atoms with Gasteiger partial charge in [0, 0.05) is 13.1 Å². The average Bonchev–Trinajstić information content (AvgIpc) is 2.82. The third-order valence-corrected chi connectivity index (χ3v) is 4.29. The van der Waals surface area contributed by atoms with Crippen LogP contribution in [0, 0.1) is 0 Å². The van der Waals surface area contributed by atoms with E-state index in [-0.39, 0.29) is 17.9 Å². The predicted molar refractivity (Wildman–Crippen MR) is 80.9 cm³/mol. The number of thioether (sulfide) groups is 1. The number of hydrogen-bond donors (Lipinski definition) is 1. The number of rotatable bonds is 6. The van der Waals surface area contributed by atoms with Crippen LogP contribution in [0.2, 0.25) is 0 Å². The van der Waals surface area contributed by atoms with Gasteiger partial charge in [0.1, 0.15) is 0 Å². The quantitative estimate of drug-likeness (QED) is 0.796. The van der Waals surface area contributed by atoms with Crippen LogP contribution in [-0.4, -0.2) is 56.9 Å². The summed E-state index contributed by atoms with van der Waals surface area (Å²) in [5, 5.41) is 18.0. The number of aromatic nitrogens is 3. The molecule has 1 fully saturated rings. The normalized spacial score (nSPS) is 22.5. The Bertz CT molecular complexity index is 494. The van der Waals surface area contributed by atoms with Gasteiger partial charge in [0.2, 0.25) is 5.95 Å². The Morgan fingerprint density at radius 2 is 2.24 bits per heavy atom. The van der Waals surface area contributed by atoms with Crippen LogP contribution < -0.4 is 4.90 Å². The number of morpholine rings is 1. The number of carbonyl (C=O) groups is 1. The maximum atomic E-state index is 10.7. The van der Waals surface area contributed by atoms with Gasteiger partial charge < -0.3 is 14.7 Å². The van der Waals surface area contributed by atoms with Crippen molar-refractivity contribution in [3.63, 3.8) is 0 Å². The Labute approximate surface area is 128 Å². The molecule has 0 aromatic carbocycles. The van der Waals surface area contributed by atoms with E-state index in [0.29, 0.717) is 11.8 Å². The van der Waals surface area contributed by atoms with Crippen LogP contribution in [0.1, 0.15) is 27.2 Å². The molecule has 8 heteroatoms. The van der Waals surface area contributed by atoms with Crippen LogP contribution in [0.4, 0.5) is 5.95 Å². The van der Waals surface area contributed by atoms with Crippen LogP contribution in [0.15, 0.2) is 5.16 Å². The lowest BCUT2D eigenvalue weighted by Crippen LogP contribution is -2.48. The molecular formula is C13H22N4O3S. The first kappa shape index (κ1) is 16.1. The van der Waals surface area contributed by atoms with Gasteiger partial charge in [-0.1, -0.05) is 18.7 Å². The van der Waals surface area contributed by atoms with Crippen molar-refractivity contribution in [3.05, 3.63) is 0 Å². The first-order valence-electron chi connectivity index (χ1n) is 7.19. The monoisotopic (exact) mass is 314 g/mol. The van der Waals surface area contributed by atoms with Crippen LogP contribution in [0.25, 0.3) is 0 Å². The lowest BCUT2D eigenvalue weighted by Gasteiger charge is -2.37. The Morgan fingerprint density at radius 1 is 1.48 bits per heavy atom. The molecule has 0 radical (unpaired) electrons. The highest BCUT2D eigenvalue weighted by Crippen LogP contribution is 2.25. The van der Waals surface area contributed by atoms with Gasteiger partial charge in [-0.3, -0.25) is 9.36 Å². The summed E-state index contributed by atoms with van der Waals surface area (Å²) in [5.74, 6) is -0.0370. The minimum Gasteiger partial charge on any atom is -0.481 e. The molecule has 1 aliphatic rings. The van der Waals surface area contributed by atoms with E-state index in [0.717, 1.165) is 25.5 Å². The van der Waals surface area contributed by atoms with Gasteiger partial charge in [-0.2, -0.15) is 0 Å². The van der Waals surface area contributed by atoms with Crippen LogP contribution in [0.3, 0.4) is 0 Å². The van der Waals surface area contributed by atoms with Crippen LogP contribution in [-0.2, 0) is 16.1 Å². The lowest BCUT2D eigenvalue weighted by atomic mass is 10.2. The van der Waals surface area contributed by atoms with Gasteiger partial charge in [-0.25, -0.2) is 0 Å². The molecule has 1 saturated heterocycles. The van der Waals surface area contributed by atoms with Crippen molar-refractivity contribution in [2.75, 3.05) is 23.8 Å². The molecular weight excluding hydrogens is 292 g/mol. The maximum Gasteiger partial charge on any atom is 0.313 e. The van der Waals surface area contributed by atoms with E-state index < -0.39 is 5.97 Å². The number of anilines is 1. The molecule has 1 aromatic heterocycles. The fourth-order valence-corrected chi connectivity index (χ4v) is 3.01. The van der Waals surface area contributed by atoms with Crippen molar-refractivity contribution in [1.82, 2.24) is 14.8 Å². The number of carboxylic acid groups (broad SMARTS) is 1. The minimum absolute atomic E-state index is 0.00306. The summed E-state index contributed by atoms with van der Waals surface area (Å²) in [6.07, 6.45) is 1.10. The Balaban J connectivity index is 2.23. The summed E-state index contributed by atoms with van der Waals surface area (Å²) >= 11 is 1.21. The van der Waals surface area contributed by atoms with Crippen molar-refractivity contribution in [2.45, 2.75) is 51.0 Å². The third-order valence-electron chi connectivity index (χ3n) is 3.33. The summed E-state index contributed by atoms with van der Waals surface area (Å²) in [4.78, 5) is 12.9. The average molecular weight is 314 g/mol. The van der Waals surface area contributed by atoms with Gasteiger partial charge in [-0.15, -0.1) is 10.2 Å². The molecule has 7 nitrogen and oxygen atoms in total. The smallest absolute Gasteiger partial charge is 0.313 e. The van der Waals surface area contributed by atoms with E-state index in [1.54, 1.807) is 0 Å². The molecule has 0 bridgehead atoms. The van der Waals surface area contributed by atoms with Crippen LogP contribution >= 0.6 is 11.8 Å². The Hall–Kier alpha value is -1.28. The van der Waals surface area contributed by atoms with Gasteiger partial charge in [0.25, 0.3) is 0 Å². The van der Waals surface area contributed by atoms with Crippen molar-refractivity contribution in [1.29, 1.82) is 0 Å². The first-order valence-corrected chi connectivity index (χ1v) is 8.17. The predicted octanol–water partition coefficient (Wildman–Crippen LogP) is 1.48. The summed E-state index contributed by atoms with van der Waals surface area (Å²) < 4.78 is 7.66. The SMILES string of the molecule is CCCn1c(SCC(=O)O)nnc1N1CC(C)OCC1C. The first-order chi connectivity index (χ1) is 10.0. The molecule has 1 N–H and O–H groups in total. The number of aliphatic carboxylic acids is 1. The van der Waals surface area contributed by atoms with Crippen molar-refractivity contribution < 1.29 is 14.6 Å². The molecule has 0 saturated carbocycles. The lowest BCUT2D eigenvalue weighted by molar-refractivity contribution is -0.133. The number of ether oxygens (including phenoxy) is 1. The molecule has 2 heterocycles. The summed E-state index contributed by atoms with van der Waals surface area (Å²) in [7, 11) is 0. The molecule has 0 amide bonds. The van der Waals surface area contributed by atoms with Gasteiger partial charge in [0.15, 0.2) is 5.16 Å². The molecule has 1 aromatic rings. The maximum absolute atomic E-state index is 10.7. The summed E-state index contributed by atoms with van der Waals surface area (Å²) in [6, 6.07) is 0.235. The fraction of sp³-hybridized carbons (Fsp3) is 0.769. The largest absolute Gasteiger partial charge is 0.481 e. The second-order valence-corrected chi connectivity index (χ2v) is 6.20. The Kier molecular flexibility index (Phi) is 5.46. The highest BCUT2D eigenvalue weighted by atomic mass is 32.2. The highest BCUT2D eigenvalue weighted by Gasteiger charge is 2.28. The van der Waals surface area contributed by atoms with Gasteiger partial charge in [-0.05, 0) is 20.3 Å². The molecule has 2 atom stereocenters. The van der Waals surface area contributed by atoms with Crippen LogP contribution in [0.5, 0.6) is 0 Å². The minimum atomic E-state index is -0.846. The zero-order chi connectivity index (χ0) is 15.4. The zero-order valence-corrected chi connectivity index (χ0v) is 13.5. The molecule has 0 aliphatic carbocycles. The molecule has 2 rings (SSSR count). The fourth-order valence-electron chi connectivity index (χ4n) is 2.33. The number of carboxylic acids is 1. The molecule has 2 unspecified atom stereocenters. The molecule has 0 spiro atoms. The zero-order valence-electron chi connectivity index (χ0n) is 12.7. The molecule has 21 heavy (non-hydrogen) atoms. The van der Waals surface area contributed by atoms with Crippen molar-refractivity contribution in [3.8, 4) is 0 Å². The second-order valence-electron chi connectivity index (χ2n) is 5.26. The van der Waals surface area contributed by atoms with Gasteiger partial charge in [0.05, 0.1) is 24.5 Å². The van der Waals surface area contributed by atoms with Gasteiger partial charge >= 0.3 is 5.97 Å².